The Kier molecular flexibility index (Phi) is 4.80. The molecule has 1 heterocycles. The van der Waals surface area contributed by atoms with Crippen molar-refractivity contribution in [1.29, 1.82) is 0 Å². The molecule has 0 unspecified atom stereocenters. The van der Waals surface area contributed by atoms with Crippen molar-refractivity contribution in [3.63, 3.8) is 0 Å². The van der Waals surface area contributed by atoms with Crippen LogP contribution in [-0.4, -0.2) is 16.1 Å². The minimum Gasteiger partial charge on any atom is -0.268 e. The molecular formula is C16H8Cl2N2O4S. The van der Waals surface area contributed by atoms with Gasteiger partial charge in [-0.05, 0) is 41.6 Å². The summed E-state index contributed by atoms with van der Waals surface area (Å²) in [5.41, 5.74) is 0.658. The van der Waals surface area contributed by atoms with Crippen molar-refractivity contribution >= 4 is 63.6 Å². The second-order valence-electron chi connectivity index (χ2n) is 4.97. The number of nitrogens with zero attached hydrogens (tertiary/aromatic N) is 2. The molecular weight excluding hydrogens is 387 g/mol. The zero-order chi connectivity index (χ0) is 18.1. The molecule has 2 amide bonds. The smallest absolute Gasteiger partial charge is 0.268 e. The molecule has 0 atom stereocenters. The number of thioether (sulfide) groups is 1. The molecule has 0 N–H and O–H groups in total. The molecule has 3 rings (SSSR count). The number of carbonyl (C=O) groups is 2. The largest absolute Gasteiger partial charge is 0.298 e. The van der Waals surface area contributed by atoms with E-state index >= 15 is 0 Å². The fourth-order valence-corrected chi connectivity index (χ4v) is 3.33. The molecule has 2 aromatic carbocycles. The van der Waals surface area contributed by atoms with E-state index in [2.05, 4.69) is 0 Å². The number of nitro benzene ring substituents is 1. The molecule has 0 aromatic heterocycles. The molecule has 2 aromatic rings. The third-order valence-corrected chi connectivity index (χ3v) is 4.94. The molecule has 9 heteroatoms. The third kappa shape index (κ3) is 3.53. The molecule has 1 aliphatic heterocycles. The summed E-state index contributed by atoms with van der Waals surface area (Å²) in [6.07, 6.45) is 1.44. The zero-order valence-electron chi connectivity index (χ0n) is 12.3. The van der Waals surface area contributed by atoms with Gasteiger partial charge in [0, 0.05) is 12.1 Å². The maximum atomic E-state index is 12.5. The number of benzene rings is 2. The van der Waals surface area contributed by atoms with Gasteiger partial charge in [-0.1, -0.05) is 35.3 Å². The maximum Gasteiger partial charge on any atom is 0.298 e. The Labute approximate surface area is 156 Å². The topological polar surface area (TPSA) is 80.5 Å². The Morgan fingerprint density at radius 2 is 1.84 bits per heavy atom. The average Bonchev–Trinajstić information content (AvgIpc) is 2.84. The molecule has 0 saturated carbocycles. The predicted octanol–water partition coefficient (Wildman–Crippen LogP) is 5.14. The van der Waals surface area contributed by atoms with Gasteiger partial charge in [-0.15, -0.1) is 0 Å². The second-order valence-corrected chi connectivity index (χ2v) is 6.78. The number of imide groups is 1. The van der Waals surface area contributed by atoms with Crippen LogP contribution in [0.2, 0.25) is 10.0 Å². The first-order valence-electron chi connectivity index (χ1n) is 6.84. The minimum absolute atomic E-state index is 0.0996. The van der Waals surface area contributed by atoms with Crippen LogP contribution in [0.4, 0.5) is 16.2 Å². The molecule has 126 valence electrons. The molecule has 0 bridgehead atoms. The maximum absolute atomic E-state index is 12.5. The number of carbonyl (C=O) groups excluding carboxylic acids is 2. The SMILES string of the molecule is O=C1S/C(=C\c2cccc([N+](=O)[O-])c2)C(=O)N1c1ccc(Cl)c(Cl)c1. The first kappa shape index (κ1) is 17.5. The number of hydrogen-bond donors (Lipinski definition) is 0. The number of anilines is 1. The number of nitro groups is 1. The number of halogens is 2. The van der Waals surface area contributed by atoms with Gasteiger partial charge in [-0.2, -0.15) is 0 Å². The van der Waals surface area contributed by atoms with Crippen molar-refractivity contribution in [2.45, 2.75) is 0 Å². The van der Waals surface area contributed by atoms with Crippen LogP contribution in [0, 0.1) is 10.1 Å². The predicted molar refractivity (Wildman–Crippen MR) is 98.0 cm³/mol. The van der Waals surface area contributed by atoms with Crippen molar-refractivity contribution in [3.8, 4) is 0 Å². The monoisotopic (exact) mass is 394 g/mol. The highest BCUT2D eigenvalue weighted by Crippen LogP contribution is 2.37. The Morgan fingerprint density at radius 1 is 1.08 bits per heavy atom. The molecule has 1 fully saturated rings. The van der Waals surface area contributed by atoms with Crippen molar-refractivity contribution in [3.05, 3.63) is 73.1 Å². The van der Waals surface area contributed by atoms with E-state index in [-0.39, 0.29) is 15.6 Å². The van der Waals surface area contributed by atoms with Crippen LogP contribution >= 0.6 is 35.0 Å². The summed E-state index contributed by atoms with van der Waals surface area (Å²) >= 11 is 12.5. The molecule has 0 aliphatic carbocycles. The van der Waals surface area contributed by atoms with E-state index in [9.17, 15) is 19.7 Å². The molecule has 0 spiro atoms. The Bertz CT molecular complexity index is 945. The molecule has 0 radical (unpaired) electrons. The van der Waals surface area contributed by atoms with Crippen molar-refractivity contribution in [2.24, 2.45) is 0 Å². The van der Waals surface area contributed by atoms with Gasteiger partial charge in [0.2, 0.25) is 0 Å². The zero-order valence-corrected chi connectivity index (χ0v) is 14.6. The quantitative estimate of drug-likeness (QED) is 0.408. The van der Waals surface area contributed by atoms with Gasteiger partial charge < -0.3 is 0 Å². The van der Waals surface area contributed by atoms with Crippen LogP contribution in [0.5, 0.6) is 0 Å². The number of non-ortho nitro benzene ring substituents is 1. The van der Waals surface area contributed by atoms with Crippen LogP contribution in [0.1, 0.15) is 5.56 Å². The van der Waals surface area contributed by atoms with E-state index in [1.807, 2.05) is 0 Å². The highest BCUT2D eigenvalue weighted by molar-refractivity contribution is 8.19. The first-order valence-corrected chi connectivity index (χ1v) is 8.41. The van der Waals surface area contributed by atoms with Gasteiger partial charge in [0.05, 0.1) is 25.6 Å². The second kappa shape index (κ2) is 6.87. The van der Waals surface area contributed by atoms with Gasteiger partial charge in [0.1, 0.15) is 0 Å². The standard InChI is InChI=1S/C16H8Cl2N2O4S/c17-12-5-4-10(8-13(12)18)19-15(21)14(25-16(19)22)7-9-2-1-3-11(6-9)20(23)24/h1-8H/b14-7-. The lowest BCUT2D eigenvalue weighted by Crippen LogP contribution is -2.27. The van der Waals surface area contributed by atoms with E-state index < -0.39 is 16.1 Å². The van der Waals surface area contributed by atoms with E-state index in [1.54, 1.807) is 6.07 Å². The Hall–Kier alpha value is -2.35. The molecule has 6 nitrogen and oxygen atoms in total. The third-order valence-electron chi connectivity index (χ3n) is 3.33. The fraction of sp³-hybridized carbons (Fsp3) is 0. The van der Waals surface area contributed by atoms with E-state index in [0.29, 0.717) is 16.3 Å². The van der Waals surface area contributed by atoms with Crippen LogP contribution in [0.15, 0.2) is 47.4 Å². The van der Waals surface area contributed by atoms with Gasteiger partial charge in [-0.25, -0.2) is 4.90 Å². The number of rotatable bonds is 3. The van der Waals surface area contributed by atoms with E-state index in [1.165, 1.54) is 42.5 Å². The lowest BCUT2D eigenvalue weighted by Gasteiger charge is -2.13. The molecule has 1 aliphatic rings. The summed E-state index contributed by atoms with van der Waals surface area (Å²) in [4.78, 5) is 36.2. The van der Waals surface area contributed by atoms with Gasteiger partial charge in [0.15, 0.2) is 0 Å². The molecule has 25 heavy (non-hydrogen) atoms. The van der Waals surface area contributed by atoms with E-state index in [0.717, 1.165) is 16.7 Å². The van der Waals surface area contributed by atoms with Crippen LogP contribution in [0.3, 0.4) is 0 Å². The highest BCUT2D eigenvalue weighted by atomic mass is 35.5. The summed E-state index contributed by atoms with van der Waals surface area (Å²) < 4.78 is 0. The van der Waals surface area contributed by atoms with Gasteiger partial charge >= 0.3 is 0 Å². The summed E-state index contributed by atoms with van der Waals surface area (Å²) in [6.45, 7) is 0. The van der Waals surface area contributed by atoms with Crippen molar-refractivity contribution in [2.75, 3.05) is 4.90 Å². The summed E-state index contributed by atoms with van der Waals surface area (Å²) in [5, 5.41) is 10.9. The molecule has 1 saturated heterocycles. The normalized spacial score (nSPS) is 15.9. The van der Waals surface area contributed by atoms with Gasteiger partial charge in [-0.3, -0.25) is 19.7 Å². The summed E-state index contributed by atoms with van der Waals surface area (Å²) in [7, 11) is 0. The fourth-order valence-electron chi connectivity index (χ4n) is 2.19. The number of amides is 2. The minimum atomic E-state index is -0.529. The lowest BCUT2D eigenvalue weighted by molar-refractivity contribution is -0.384. The average molecular weight is 395 g/mol. The summed E-state index contributed by atoms with van der Waals surface area (Å²) in [5.74, 6) is -0.528. The van der Waals surface area contributed by atoms with Crippen molar-refractivity contribution in [1.82, 2.24) is 0 Å². The van der Waals surface area contributed by atoms with Crippen molar-refractivity contribution < 1.29 is 14.5 Å². The van der Waals surface area contributed by atoms with Gasteiger partial charge in [0.25, 0.3) is 16.8 Å². The first-order chi connectivity index (χ1) is 11.9. The highest BCUT2D eigenvalue weighted by Gasteiger charge is 2.36. The lowest BCUT2D eigenvalue weighted by atomic mass is 10.2. The number of hydrogen-bond acceptors (Lipinski definition) is 5. The van der Waals surface area contributed by atoms with Crippen LogP contribution in [-0.2, 0) is 4.79 Å². The Balaban J connectivity index is 1.94. The Morgan fingerprint density at radius 3 is 2.52 bits per heavy atom. The van der Waals surface area contributed by atoms with Crippen LogP contribution in [0.25, 0.3) is 6.08 Å². The van der Waals surface area contributed by atoms with E-state index in [4.69, 9.17) is 23.2 Å². The van der Waals surface area contributed by atoms with Crippen LogP contribution < -0.4 is 4.90 Å². The summed E-state index contributed by atoms with van der Waals surface area (Å²) in [6, 6.07) is 10.2.